The number of hydrogen-bond acceptors (Lipinski definition) is 3. The van der Waals surface area contributed by atoms with Crippen LogP contribution in [0, 0.1) is 16.7 Å². The number of rotatable bonds is 2. The molecule has 4 heteroatoms. The summed E-state index contributed by atoms with van der Waals surface area (Å²) in [6.07, 6.45) is 1.90. The van der Waals surface area contributed by atoms with E-state index in [2.05, 4.69) is 11.1 Å². The largest absolute Gasteiger partial charge is 0.378 e. The second-order valence-corrected chi connectivity index (χ2v) is 4.53. The fraction of sp³-hybridized carbons (Fsp3) is 0.308. The van der Waals surface area contributed by atoms with Crippen LogP contribution in [-0.2, 0) is 4.74 Å². The molecule has 1 saturated heterocycles. The minimum Gasteiger partial charge on any atom is -0.378 e. The number of nitriles is 1. The fourth-order valence-corrected chi connectivity index (χ4v) is 2.28. The van der Waals surface area contributed by atoms with Gasteiger partial charge in [-0.15, -0.1) is 0 Å². The zero-order valence-electron chi connectivity index (χ0n) is 9.31. The lowest BCUT2D eigenvalue weighted by Gasteiger charge is -2.39. The van der Waals surface area contributed by atoms with Gasteiger partial charge < -0.3 is 15.5 Å². The Balaban J connectivity index is 2.07. The highest BCUT2D eigenvalue weighted by molar-refractivity contribution is 5.83. The van der Waals surface area contributed by atoms with Crippen molar-refractivity contribution in [2.75, 3.05) is 13.2 Å². The summed E-state index contributed by atoms with van der Waals surface area (Å²) in [5, 5.41) is 10.3. The molecule has 1 aromatic carbocycles. The van der Waals surface area contributed by atoms with E-state index in [1.165, 1.54) is 0 Å². The van der Waals surface area contributed by atoms with Crippen molar-refractivity contribution in [3.8, 4) is 6.07 Å². The predicted molar refractivity (Wildman–Crippen MR) is 64.1 cm³/mol. The second-order valence-electron chi connectivity index (χ2n) is 4.53. The molecule has 2 aromatic rings. The molecule has 0 saturated carbocycles. The van der Waals surface area contributed by atoms with Crippen molar-refractivity contribution in [2.24, 2.45) is 11.1 Å². The first-order valence-corrected chi connectivity index (χ1v) is 5.57. The van der Waals surface area contributed by atoms with Gasteiger partial charge in [0.05, 0.1) is 25.3 Å². The quantitative estimate of drug-likeness (QED) is 0.820. The van der Waals surface area contributed by atoms with Crippen LogP contribution in [0.15, 0.2) is 30.5 Å². The maximum atomic E-state index is 9.26. The van der Waals surface area contributed by atoms with Crippen molar-refractivity contribution in [3.05, 3.63) is 36.0 Å². The predicted octanol–water partition coefficient (Wildman–Crippen LogP) is 1.71. The minimum atomic E-state index is -0.565. The number of para-hydroxylation sites is 1. The van der Waals surface area contributed by atoms with Gasteiger partial charge >= 0.3 is 0 Å². The number of benzene rings is 1. The molecular formula is C13H13N3O. The van der Waals surface area contributed by atoms with Crippen LogP contribution in [0.5, 0.6) is 0 Å². The van der Waals surface area contributed by atoms with E-state index in [0.29, 0.717) is 13.2 Å². The van der Waals surface area contributed by atoms with Gasteiger partial charge in [0.15, 0.2) is 0 Å². The van der Waals surface area contributed by atoms with Gasteiger partial charge in [-0.05, 0) is 11.6 Å². The average Bonchev–Trinajstić information content (AvgIpc) is 2.71. The van der Waals surface area contributed by atoms with Crippen LogP contribution in [0.1, 0.15) is 11.6 Å². The number of ether oxygens (including phenoxy) is 1. The van der Waals surface area contributed by atoms with Crippen molar-refractivity contribution >= 4 is 10.9 Å². The number of nitrogens with two attached hydrogens (primary N) is 1. The molecule has 17 heavy (non-hydrogen) atoms. The van der Waals surface area contributed by atoms with E-state index < -0.39 is 5.41 Å². The third-order valence-electron chi connectivity index (χ3n) is 3.49. The first-order valence-electron chi connectivity index (χ1n) is 5.57. The SMILES string of the molecule is N#CC1(C(N)c2c[nH]c3ccccc23)COC1. The molecule has 2 heterocycles. The van der Waals surface area contributed by atoms with Crippen LogP contribution >= 0.6 is 0 Å². The van der Waals surface area contributed by atoms with Crippen molar-refractivity contribution in [2.45, 2.75) is 6.04 Å². The number of H-pyrrole nitrogens is 1. The Labute approximate surface area is 99.0 Å². The Morgan fingerprint density at radius 1 is 1.41 bits per heavy atom. The molecule has 86 valence electrons. The Bertz CT molecular complexity index is 592. The highest BCUT2D eigenvalue weighted by Crippen LogP contribution is 2.40. The van der Waals surface area contributed by atoms with E-state index in [-0.39, 0.29) is 6.04 Å². The third kappa shape index (κ3) is 1.37. The molecule has 1 aliphatic heterocycles. The number of fused-ring (bicyclic) bond motifs is 1. The zero-order valence-corrected chi connectivity index (χ0v) is 9.31. The van der Waals surface area contributed by atoms with E-state index >= 15 is 0 Å². The summed E-state index contributed by atoms with van der Waals surface area (Å²) in [4.78, 5) is 3.18. The number of nitrogens with one attached hydrogen (secondary N) is 1. The molecule has 1 fully saturated rings. The second kappa shape index (κ2) is 3.59. The minimum absolute atomic E-state index is 0.308. The van der Waals surface area contributed by atoms with Gasteiger partial charge in [-0.2, -0.15) is 5.26 Å². The lowest BCUT2D eigenvalue weighted by molar-refractivity contribution is -0.0908. The van der Waals surface area contributed by atoms with Crippen molar-refractivity contribution in [1.29, 1.82) is 5.26 Å². The van der Waals surface area contributed by atoms with Gasteiger partial charge in [0.1, 0.15) is 5.41 Å². The maximum Gasteiger partial charge on any atom is 0.123 e. The number of aromatic nitrogens is 1. The summed E-state index contributed by atoms with van der Waals surface area (Å²) in [5.41, 5.74) is 7.71. The molecule has 1 aliphatic rings. The summed E-state index contributed by atoms with van der Waals surface area (Å²) in [7, 11) is 0. The molecule has 0 spiro atoms. The van der Waals surface area contributed by atoms with Crippen LogP contribution in [0.4, 0.5) is 0 Å². The Hall–Kier alpha value is -1.83. The molecule has 0 amide bonds. The topological polar surface area (TPSA) is 74.8 Å². The Morgan fingerprint density at radius 2 is 2.18 bits per heavy atom. The smallest absolute Gasteiger partial charge is 0.123 e. The molecule has 1 unspecified atom stereocenters. The van der Waals surface area contributed by atoms with E-state index in [1.54, 1.807) is 0 Å². The van der Waals surface area contributed by atoms with Crippen molar-refractivity contribution in [3.63, 3.8) is 0 Å². The zero-order chi connectivity index (χ0) is 11.9. The standard InChI is InChI=1S/C13H13N3O/c14-6-13(7-17-8-13)12(15)10-5-16-11-4-2-1-3-9(10)11/h1-5,12,16H,7-8,15H2. The number of hydrogen-bond donors (Lipinski definition) is 2. The summed E-state index contributed by atoms with van der Waals surface area (Å²) >= 11 is 0. The van der Waals surface area contributed by atoms with E-state index in [1.807, 2.05) is 30.5 Å². The summed E-state index contributed by atoms with van der Waals surface area (Å²) in [6, 6.07) is 9.96. The van der Waals surface area contributed by atoms with Crippen LogP contribution in [0.25, 0.3) is 10.9 Å². The van der Waals surface area contributed by atoms with Gasteiger partial charge in [0.2, 0.25) is 0 Å². The van der Waals surface area contributed by atoms with Crippen LogP contribution in [0.3, 0.4) is 0 Å². The highest BCUT2D eigenvalue weighted by atomic mass is 16.5. The fourth-order valence-electron chi connectivity index (χ4n) is 2.28. The summed E-state index contributed by atoms with van der Waals surface area (Å²) in [6.45, 7) is 0.842. The van der Waals surface area contributed by atoms with Crippen LogP contribution < -0.4 is 5.73 Å². The summed E-state index contributed by atoms with van der Waals surface area (Å²) in [5.74, 6) is 0. The first kappa shape index (κ1) is 10.3. The first-order chi connectivity index (χ1) is 8.27. The van der Waals surface area contributed by atoms with Gasteiger partial charge in [-0.1, -0.05) is 18.2 Å². The van der Waals surface area contributed by atoms with Gasteiger partial charge in [0.25, 0.3) is 0 Å². The van der Waals surface area contributed by atoms with Gasteiger partial charge in [-0.25, -0.2) is 0 Å². The number of nitrogens with zero attached hydrogens (tertiary/aromatic N) is 1. The highest BCUT2D eigenvalue weighted by Gasteiger charge is 2.46. The molecule has 0 bridgehead atoms. The molecule has 3 rings (SSSR count). The molecule has 1 aromatic heterocycles. The number of aromatic amines is 1. The Kier molecular flexibility index (Phi) is 2.18. The lowest BCUT2D eigenvalue weighted by Crippen LogP contribution is -2.49. The van der Waals surface area contributed by atoms with Crippen molar-refractivity contribution in [1.82, 2.24) is 4.98 Å². The molecule has 0 radical (unpaired) electrons. The van der Waals surface area contributed by atoms with Gasteiger partial charge in [-0.3, -0.25) is 0 Å². The summed E-state index contributed by atoms with van der Waals surface area (Å²) < 4.78 is 5.15. The molecule has 3 N–H and O–H groups in total. The van der Waals surface area contributed by atoms with Crippen molar-refractivity contribution < 1.29 is 4.74 Å². The van der Waals surface area contributed by atoms with Crippen LogP contribution in [-0.4, -0.2) is 18.2 Å². The molecular weight excluding hydrogens is 214 g/mol. The molecule has 1 atom stereocenters. The van der Waals surface area contributed by atoms with E-state index in [0.717, 1.165) is 16.5 Å². The van der Waals surface area contributed by atoms with E-state index in [4.69, 9.17) is 10.5 Å². The van der Waals surface area contributed by atoms with Crippen LogP contribution in [0.2, 0.25) is 0 Å². The normalized spacial score (nSPS) is 19.5. The molecule has 0 aliphatic carbocycles. The third-order valence-corrected chi connectivity index (χ3v) is 3.49. The van der Waals surface area contributed by atoms with Gasteiger partial charge in [0, 0.05) is 17.1 Å². The van der Waals surface area contributed by atoms with E-state index in [9.17, 15) is 5.26 Å². The molecule has 4 nitrogen and oxygen atoms in total. The monoisotopic (exact) mass is 227 g/mol. The maximum absolute atomic E-state index is 9.26. The average molecular weight is 227 g/mol. The Morgan fingerprint density at radius 3 is 2.82 bits per heavy atom. The lowest BCUT2D eigenvalue weighted by atomic mass is 9.77.